The minimum absolute atomic E-state index is 0.151. The Morgan fingerprint density at radius 1 is 1.00 bits per heavy atom. The van der Waals surface area contributed by atoms with Crippen LogP contribution in [0, 0.1) is 6.92 Å². The van der Waals surface area contributed by atoms with Crippen molar-refractivity contribution in [2.45, 2.75) is 18.4 Å². The van der Waals surface area contributed by atoms with Gasteiger partial charge in [0.1, 0.15) is 0 Å². The molecule has 0 unspecified atom stereocenters. The SMILES string of the molecule is CSc1ccc(C(=O)N2CCN(Cc3ccccc3C)CC2)cc1. The lowest BCUT2D eigenvalue weighted by Gasteiger charge is -2.35. The predicted octanol–water partition coefficient (Wildman–Crippen LogP) is 3.67. The van der Waals surface area contributed by atoms with Gasteiger partial charge >= 0.3 is 0 Å². The first kappa shape index (κ1) is 17.1. The minimum atomic E-state index is 0.151. The van der Waals surface area contributed by atoms with Crippen molar-refractivity contribution in [3.8, 4) is 0 Å². The minimum Gasteiger partial charge on any atom is -0.336 e. The van der Waals surface area contributed by atoms with Gasteiger partial charge in [0.05, 0.1) is 0 Å². The molecule has 4 heteroatoms. The maximum Gasteiger partial charge on any atom is 0.253 e. The molecule has 2 aromatic rings. The maximum absolute atomic E-state index is 12.6. The van der Waals surface area contributed by atoms with Crippen LogP contribution in [0.2, 0.25) is 0 Å². The molecule has 1 amide bonds. The van der Waals surface area contributed by atoms with E-state index in [1.807, 2.05) is 35.4 Å². The number of hydrogen-bond donors (Lipinski definition) is 0. The van der Waals surface area contributed by atoms with Crippen LogP contribution in [0.1, 0.15) is 21.5 Å². The number of carbonyl (C=O) groups is 1. The number of thioether (sulfide) groups is 1. The lowest BCUT2D eigenvalue weighted by atomic mass is 10.1. The van der Waals surface area contributed by atoms with Gasteiger partial charge in [0, 0.05) is 43.2 Å². The zero-order chi connectivity index (χ0) is 16.9. The molecule has 0 radical (unpaired) electrons. The lowest BCUT2D eigenvalue weighted by Crippen LogP contribution is -2.48. The molecule has 0 bridgehead atoms. The molecule has 3 rings (SSSR count). The van der Waals surface area contributed by atoms with E-state index in [4.69, 9.17) is 0 Å². The highest BCUT2D eigenvalue weighted by Crippen LogP contribution is 2.17. The first-order valence-electron chi connectivity index (χ1n) is 8.37. The lowest BCUT2D eigenvalue weighted by molar-refractivity contribution is 0.0628. The standard InChI is InChI=1S/C20H24N2OS/c1-16-5-3-4-6-18(16)15-21-11-13-22(14-12-21)20(23)17-7-9-19(24-2)10-8-17/h3-10H,11-15H2,1-2H3. The monoisotopic (exact) mass is 340 g/mol. The molecule has 1 heterocycles. The zero-order valence-electron chi connectivity index (χ0n) is 14.4. The zero-order valence-corrected chi connectivity index (χ0v) is 15.2. The van der Waals surface area contributed by atoms with Crippen molar-refractivity contribution in [3.05, 3.63) is 65.2 Å². The largest absolute Gasteiger partial charge is 0.336 e. The third-order valence-corrected chi connectivity index (χ3v) is 5.40. The van der Waals surface area contributed by atoms with Gasteiger partial charge in [-0.15, -0.1) is 11.8 Å². The van der Waals surface area contributed by atoms with Crippen molar-refractivity contribution in [2.75, 3.05) is 32.4 Å². The van der Waals surface area contributed by atoms with E-state index in [1.165, 1.54) is 16.0 Å². The van der Waals surface area contributed by atoms with E-state index >= 15 is 0 Å². The van der Waals surface area contributed by atoms with Crippen molar-refractivity contribution >= 4 is 17.7 Å². The summed E-state index contributed by atoms with van der Waals surface area (Å²) in [6.45, 7) is 6.60. The Bertz CT molecular complexity index is 691. The number of rotatable bonds is 4. The molecule has 0 atom stereocenters. The molecule has 24 heavy (non-hydrogen) atoms. The summed E-state index contributed by atoms with van der Waals surface area (Å²) in [5.41, 5.74) is 3.51. The van der Waals surface area contributed by atoms with Crippen LogP contribution in [-0.4, -0.2) is 48.1 Å². The van der Waals surface area contributed by atoms with Crippen LogP contribution in [-0.2, 0) is 6.54 Å². The number of hydrogen-bond acceptors (Lipinski definition) is 3. The third kappa shape index (κ3) is 4.00. The van der Waals surface area contributed by atoms with Gasteiger partial charge in [-0.2, -0.15) is 0 Å². The predicted molar refractivity (Wildman–Crippen MR) is 101 cm³/mol. The molecule has 1 fully saturated rings. The molecule has 0 aliphatic carbocycles. The smallest absolute Gasteiger partial charge is 0.253 e. The molecule has 3 nitrogen and oxygen atoms in total. The van der Waals surface area contributed by atoms with Gasteiger partial charge < -0.3 is 4.90 Å². The van der Waals surface area contributed by atoms with E-state index in [9.17, 15) is 4.79 Å². The van der Waals surface area contributed by atoms with Gasteiger partial charge in [0.2, 0.25) is 0 Å². The van der Waals surface area contributed by atoms with Gasteiger partial charge in [0.15, 0.2) is 0 Å². The molecular formula is C20H24N2OS. The second-order valence-electron chi connectivity index (χ2n) is 6.22. The fourth-order valence-electron chi connectivity index (χ4n) is 3.05. The first-order chi connectivity index (χ1) is 11.7. The summed E-state index contributed by atoms with van der Waals surface area (Å²) in [5, 5.41) is 0. The summed E-state index contributed by atoms with van der Waals surface area (Å²) < 4.78 is 0. The van der Waals surface area contributed by atoms with Crippen LogP contribution in [0.25, 0.3) is 0 Å². The normalized spacial score (nSPS) is 15.5. The Hall–Kier alpha value is -1.78. The Morgan fingerprint density at radius 3 is 2.29 bits per heavy atom. The highest BCUT2D eigenvalue weighted by Gasteiger charge is 2.22. The first-order valence-corrected chi connectivity index (χ1v) is 9.60. The average Bonchev–Trinajstić information content (AvgIpc) is 2.64. The van der Waals surface area contributed by atoms with Gasteiger partial charge in [-0.1, -0.05) is 24.3 Å². The van der Waals surface area contributed by atoms with Crippen LogP contribution < -0.4 is 0 Å². The molecule has 2 aromatic carbocycles. The van der Waals surface area contributed by atoms with Crippen LogP contribution in [0.5, 0.6) is 0 Å². The van der Waals surface area contributed by atoms with E-state index in [-0.39, 0.29) is 5.91 Å². The molecule has 1 aliphatic heterocycles. The number of piperazine rings is 1. The Morgan fingerprint density at radius 2 is 1.67 bits per heavy atom. The van der Waals surface area contributed by atoms with Crippen molar-refractivity contribution in [1.29, 1.82) is 0 Å². The summed E-state index contributed by atoms with van der Waals surface area (Å²) in [6.07, 6.45) is 2.05. The van der Waals surface area contributed by atoms with Gasteiger partial charge in [-0.05, 0) is 48.6 Å². The highest BCUT2D eigenvalue weighted by atomic mass is 32.2. The van der Waals surface area contributed by atoms with Gasteiger partial charge in [0.25, 0.3) is 5.91 Å². The van der Waals surface area contributed by atoms with Crippen LogP contribution in [0.15, 0.2) is 53.4 Å². The Kier molecular flexibility index (Phi) is 5.59. The number of carbonyl (C=O) groups excluding carboxylic acids is 1. The second kappa shape index (κ2) is 7.86. The summed E-state index contributed by atoms with van der Waals surface area (Å²) in [5.74, 6) is 0.151. The quantitative estimate of drug-likeness (QED) is 0.794. The number of nitrogens with zero attached hydrogens (tertiary/aromatic N) is 2. The molecule has 1 aliphatic rings. The highest BCUT2D eigenvalue weighted by molar-refractivity contribution is 7.98. The van der Waals surface area contributed by atoms with E-state index in [0.29, 0.717) is 0 Å². The summed E-state index contributed by atoms with van der Waals surface area (Å²) in [6, 6.07) is 16.5. The van der Waals surface area contributed by atoms with Crippen LogP contribution >= 0.6 is 11.8 Å². The fraction of sp³-hybridized carbons (Fsp3) is 0.350. The van der Waals surface area contributed by atoms with Crippen molar-refractivity contribution in [2.24, 2.45) is 0 Å². The molecular weight excluding hydrogens is 316 g/mol. The molecule has 0 saturated carbocycles. The van der Waals surface area contributed by atoms with Gasteiger partial charge in [-0.3, -0.25) is 9.69 Å². The summed E-state index contributed by atoms with van der Waals surface area (Å²) >= 11 is 1.70. The van der Waals surface area contributed by atoms with E-state index in [0.717, 1.165) is 38.3 Å². The van der Waals surface area contributed by atoms with Crippen molar-refractivity contribution in [3.63, 3.8) is 0 Å². The molecule has 0 N–H and O–H groups in total. The van der Waals surface area contributed by atoms with Gasteiger partial charge in [-0.25, -0.2) is 0 Å². The van der Waals surface area contributed by atoms with Crippen LogP contribution in [0.4, 0.5) is 0 Å². The van der Waals surface area contributed by atoms with Crippen molar-refractivity contribution in [1.82, 2.24) is 9.80 Å². The third-order valence-electron chi connectivity index (χ3n) is 4.65. The Balaban J connectivity index is 1.56. The average molecular weight is 340 g/mol. The van der Waals surface area contributed by atoms with E-state index < -0.39 is 0 Å². The molecule has 0 spiro atoms. The molecule has 1 saturated heterocycles. The maximum atomic E-state index is 12.6. The van der Waals surface area contributed by atoms with Crippen LogP contribution in [0.3, 0.4) is 0 Å². The number of amides is 1. The Labute approximate surface area is 148 Å². The summed E-state index contributed by atoms with van der Waals surface area (Å²) in [7, 11) is 0. The number of aryl methyl sites for hydroxylation is 1. The van der Waals surface area contributed by atoms with Crippen molar-refractivity contribution < 1.29 is 4.79 Å². The van der Waals surface area contributed by atoms with E-state index in [1.54, 1.807) is 11.8 Å². The molecule has 126 valence electrons. The fourth-order valence-corrected chi connectivity index (χ4v) is 3.46. The van der Waals surface area contributed by atoms with E-state index in [2.05, 4.69) is 36.1 Å². The number of benzene rings is 2. The molecule has 0 aromatic heterocycles. The topological polar surface area (TPSA) is 23.6 Å². The second-order valence-corrected chi connectivity index (χ2v) is 7.10. The summed E-state index contributed by atoms with van der Waals surface area (Å²) in [4.78, 5) is 18.2.